The number of hydrogen-bond acceptors (Lipinski definition) is 3. The monoisotopic (exact) mass is 302 g/mol. The van der Waals surface area contributed by atoms with Crippen molar-refractivity contribution in [1.29, 1.82) is 0 Å². The fourth-order valence-corrected chi connectivity index (χ4v) is 2.95. The van der Waals surface area contributed by atoms with E-state index in [9.17, 15) is 14.7 Å². The van der Waals surface area contributed by atoms with Gasteiger partial charge in [0.15, 0.2) is 5.60 Å². The number of likely N-dealkylation sites (tertiary alicyclic amines) is 1. The second kappa shape index (κ2) is 5.14. The molecule has 1 atom stereocenters. The van der Waals surface area contributed by atoms with E-state index in [1.165, 1.54) is 4.90 Å². The van der Waals surface area contributed by atoms with Gasteiger partial charge in [0.05, 0.1) is 6.54 Å². The van der Waals surface area contributed by atoms with Crippen LogP contribution in [0.2, 0.25) is 0 Å². The summed E-state index contributed by atoms with van der Waals surface area (Å²) in [5, 5.41) is 20.0. The van der Waals surface area contributed by atoms with E-state index < -0.39 is 11.6 Å². The smallest absolute Gasteiger partial charge is 0.337 e. The quantitative estimate of drug-likeness (QED) is 0.798. The second-order valence-electron chi connectivity index (χ2n) is 5.73. The molecule has 3 rings (SSSR count). The zero-order valence-corrected chi connectivity index (χ0v) is 12.3. The van der Waals surface area contributed by atoms with Crippen molar-refractivity contribution in [3.05, 3.63) is 35.5 Å². The number of β-amino-alcohol motifs (C(OH)–C–C–N with tert-alkyl or cyclic N) is 1. The topological polar surface area (TPSA) is 93.6 Å². The van der Waals surface area contributed by atoms with Crippen molar-refractivity contribution >= 4 is 22.8 Å². The Labute approximate surface area is 127 Å². The van der Waals surface area contributed by atoms with Crippen LogP contribution in [0, 0.1) is 0 Å². The Hall–Kier alpha value is -2.34. The van der Waals surface area contributed by atoms with Crippen molar-refractivity contribution in [3.8, 4) is 0 Å². The van der Waals surface area contributed by atoms with Gasteiger partial charge in [-0.2, -0.15) is 0 Å². The lowest BCUT2D eigenvalue weighted by Crippen LogP contribution is -2.42. The minimum atomic E-state index is -1.84. The number of carboxylic acid groups (broad SMARTS) is 1. The largest absolute Gasteiger partial charge is 0.479 e. The van der Waals surface area contributed by atoms with E-state index in [0.717, 1.165) is 22.9 Å². The van der Waals surface area contributed by atoms with Crippen LogP contribution < -0.4 is 0 Å². The number of fused-ring (bicyclic) bond motifs is 1. The molecule has 0 radical (unpaired) electrons. The molecule has 1 unspecified atom stereocenters. The molecule has 6 heteroatoms. The highest BCUT2D eigenvalue weighted by Gasteiger charge is 2.44. The first-order chi connectivity index (χ1) is 10.4. The summed E-state index contributed by atoms with van der Waals surface area (Å²) in [6.07, 6.45) is 0.916. The summed E-state index contributed by atoms with van der Waals surface area (Å²) in [5.41, 5.74) is 0.619. The van der Waals surface area contributed by atoms with Crippen molar-refractivity contribution in [1.82, 2.24) is 9.88 Å². The Morgan fingerprint density at radius 3 is 2.82 bits per heavy atom. The number of rotatable bonds is 3. The van der Waals surface area contributed by atoms with E-state index in [1.54, 1.807) is 6.07 Å². The average Bonchev–Trinajstić information content (AvgIpc) is 3.10. The summed E-state index contributed by atoms with van der Waals surface area (Å²) in [4.78, 5) is 28.0. The van der Waals surface area contributed by atoms with Gasteiger partial charge in [-0.15, -0.1) is 0 Å². The van der Waals surface area contributed by atoms with Gasteiger partial charge in [0, 0.05) is 23.9 Å². The van der Waals surface area contributed by atoms with Crippen LogP contribution in [0.1, 0.15) is 29.4 Å². The Morgan fingerprint density at radius 2 is 2.18 bits per heavy atom. The molecule has 1 amide bonds. The lowest BCUT2D eigenvalue weighted by atomic mass is 10.0. The number of aliphatic hydroxyl groups is 1. The van der Waals surface area contributed by atoms with Crippen LogP contribution in [0.15, 0.2) is 24.3 Å². The third-order valence-corrected chi connectivity index (χ3v) is 4.30. The molecular weight excluding hydrogens is 284 g/mol. The summed E-state index contributed by atoms with van der Waals surface area (Å²) in [6.45, 7) is 2.10. The molecular formula is C16H18N2O4. The van der Waals surface area contributed by atoms with Gasteiger partial charge < -0.3 is 20.1 Å². The van der Waals surface area contributed by atoms with Gasteiger partial charge in [-0.1, -0.05) is 19.1 Å². The molecule has 0 bridgehead atoms. The number of aromatic amines is 1. The summed E-state index contributed by atoms with van der Waals surface area (Å²) in [6, 6.07) is 7.66. The number of benzene rings is 1. The SMILES string of the molecule is CCc1cccc2[nH]c(C(=O)N3CCC(O)(C(=O)O)C3)cc12. The van der Waals surface area contributed by atoms with E-state index in [-0.39, 0.29) is 25.4 Å². The van der Waals surface area contributed by atoms with Crippen molar-refractivity contribution in [2.24, 2.45) is 0 Å². The minimum Gasteiger partial charge on any atom is -0.479 e. The highest BCUT2D eigenvalue weighted by atomic mass is 16.4. The molecule has 6 nitrogen and oxygen atoms in total. The van der Waals surface area contributed by atoms with Gasteiger partial charge in [0.2, 0.25) is 0 Å². The molecule has 0 saturated carbocycles. The predicted octanol–water partition coefficient (Wildman–Crippen LogP) is 1.39. The minimum absolute atomic E-state index is 0.0501. The second-order valence-corrected chi connectivity index (χ2v) is 5.73. The van der Waals surface area contributed by atoms with Crippen molar-refractivity contribution in [3.63, 3.8) is 0 Å². The number of carbonyl (C=O) groups excluding carboxylic acids is 1. The van der Waals surface area contributed by atoms with Gasteiger partial charge >= 0.3 is 5.97 Å². The first-order valence-corrected chi connectivity index (χ1v) is 7.30. The van der Waals surface area contributed by atoms with Crippen LogP contribution in [0.25, 0.3) is 10.9 Å². The van der Waals surface area contributed by atoms with Gasteiger partial charge in [0.1, 0.15) is 5.69 Å². The zero-order chi connectivity index (χ0) is 15.9. The van der Waals surface area contributed by atoms with Crippen molar-refractivity contribution in [2.45, 2.75) is 25.4 Å². The number of carbonyl (C=O) groups is 2. The Balaban J connectivity index is 1.89. The van der Waals surface area contributed by atoms with Crippen LogP contribution in [0.4, 0.5) is 0 Å². The maximum absolute atomic E-state index is 12.5. The highest BCUT2D eigenvalue weighted by molar-refractivity contribution is 5.99. The Kier molecular flexibility index (Phi) is 3.41. The maximum Gasteiger partial charge on any atom is 0.337 e. The molecule has 0 aliphatic carbocycles. The van der Waals surface area contributed by atoms with Gasteiger partial charge in [-0.3, -0.25) is 4.79 Å². The molecule has 2 aromatic rings. The van der Waals surface area contributed by atoms with E-state index in [0.29, 0.717) is 5.69 Å². The number of aryl methyl sites for hydroxylation is 1. The van der Waals surface area contributed by atoms with Gasteiger partial charge in [-0.05, 0) is 24.1 Å². The molecule has 1 aliphatic heterocycles. The van der Waals surface area contributed by atoms with E-state index in [2.05, 4.69) is 11.9 Å². The molecule has 1 fully saturated rings. The number of nitrogens with zero attached hydrogens (tertiary/aromatic N) is 1. The molecule has 1 aromatic heterocycles. The number of amides is 1. The van der Waals surface area contributed by atoms with Crippen LogP contribution in [0.5, 0.6) is 0 Å². The number of hydrogen-bond donors (Lipinski definition) is 3. The van der Waals surface area contributed by atoms with Crippen LogP contribution in [-0.4, -0.2) is 50.7 Å². The Morgan fingerprint density at radius 1 is 1.41 bits per heavy atom. The third-order valence-electron chi connectivity index (χ3n) is 4.30. The fourth-order valence-electron chi connectivity index (χ4n) is 2.95. The van der Waals surface area contributed by atoms with Gasteiger partial charge in [0.25, 0.3) is 5.91 Å². The first-order valence-electron chi connectivity index (χ1n) is 7.30. The van der Waals surface area contributed by atoms with Crippen LogP contribution >= 0.6 is 0 Å². The van der Waals surface area contributed by atoms with Gasteiger partial charge in [-0.25, -0.2) is 4.79 Å². The lowest BCUT2D eigenvalue weighted by molar-refractivity contribution is -0.156. The van der Waals surface area contributed by atoms with Crippen molar-refractivity contribution < 1.29 is 19.8 Å². The number of nitrogens with one attached hydrogen (secondary N) is 1. The van der Waals surface area contributed by atoms with Crippen molar-refractivity contribution in [2.75, 3.05) is 13.1 Å². The maximum atomic E-state index is 12.5. The normalized spacial score (nSPS) is 21.5. The number of aliphatic carboxylic acids is 1. The summed E-state index contributed by atoms with van der Waals surface area (Å²) >= 11 is 0. The standard InChI is InChI=1S/C16H18N2O4/c1-2-10-4-3-5-12-11(10)8-13(17-12)14(19)18-7-6-16(22,9-18)15(20)21/h3-5,8,17,22H,2,6-7,9H2,1H3,(H,20,21). The molecule has 1 aliphatic rings. The summed E-state index contributed by atoms with van der Waals surface area (Å²) in [5.74, 6) is -1.57. The van der Waals surface area contributed by atoms with E-state index in [4.69, 9.17) is 5.11 Å². The molecule has 22 heavy (non-hydrogen) atoms. The molecule has 1 aromatic carbocycles. The van der Waals surface area contributed by atoms with E-state index >= 15 is 0 Å². The highest BCUT2D eigenvalue weighted by Crippen LogP contribution is 2.25. The third kappa shape index (κ3) is 2.25. The van der Waals surface area contributed by atoms with Crippen LogP contribution in [-0.2, 0) is 11.2 Å². The summed E-state index contributed by atoms with van der Waals surface area (Å²) < 4.78 is 0. The predicted molar refractivity (Wildman–Crippen MR) is 80.8 cm³/mol. The fraction of sp³-hybridized carbons (Fsp3) is 0.375. The van der Waals surface area contributed by atoms with E-state index in [1.807, 2.05) is 18.2 Å². The Bertz CT molecular complexity index is 752. The molecule has 116 valence electrons. The first kappa shape index (κ1) is 14.6. The lowest BCUT2D eigenvalue weighted by Gasteiger charge is -2.18. The molecule has 0 spiro atoms. The molecule has 3 N–H and O–H groups in total. The average molecular weight is 302 g/mol. The zero-order valence-electron chi connectivity index (χ0n) is 12.3. The number of carboxylic acids is 1. The van der Waals surface area contributed by atoms with Crippen LogP contribution in [0.3, 0.4) is 0 Å². The molecule has 2 heterocycles. The summed E-state index contributed by atoms with van der Waals surface area (Å²) in [7, 11) is 0. The number of aromatic nitrogens is 1. The molecule has 1 saturated heterocycles. The number of H-pyrrole nitrogens is 1.